The summed E-state index contributed by atoms with van der Waals surface area (Å²) in [7, 11) is -4.25. The Hall–Kier alpha value is -1.73. The summed E-state index contributed by atoms with van der Waals surface area (Å²) in [5.74, 6) is -3.35. The number of sulfonamides is 1. The highest BCUT2D eigenvalue weighted by molar-refractivity contribution is 7.92. The van der Waals surface area contributed by atoms with Gasteiger partial charge in [-0.3, -0.25) is 4.72 Å². The van der Waals surface area contributed by atoms with Gasteiger partial charge >= 0.3 is 0 Å². The first kappa shape index (κ1) is 14.7. The number of hydrogen-bond acceptors (Lipinski definition) is 2. The van der Waals surface area contributed by atoms with Gasteiger partial charge in [0, 0.05) is 5.02 Å². The van der Waals surface area contributed by atoms with E-state index >= 15 is 0 Å². The van der Waals surface area contributed by atoms with Crippen molar-refractivity contribution < 1.29 is 21.6 Å². The largest absolute Gasteiger partial charge is 0.277 e. The molecule has 2 aromatic carbocycles. The molecule has 0 aliphatic rings. The van der Waals surface area contributed by atoms with Gasteiger partial charge in [0.1, 0.15) is 5.82 Å². The van der Waals surface area contributed by atoms with Crippen molar-refractivity contribution in [3.05, 3.63) is 58.9 Å². The highest BCUT2D eigenvalue weighted by Gasteiger charge is 2.18. The van der Waals surface area contributed by atoms with Crippen LogP contribution in [0.25, 0.3) is 0 Å². The molecular weight excluding hydrogens is 315 g/mol. The molecule has 0 fully saturated rings. The molecule has 0 radical (unpaired) electrons. The zero-order chi connectivity index (χ0) is 14.9. The second-order valence-electron chi connectivity index (χ2n) is 3.81. The van der Waals surface area contributed by atoms with Gasteiger partial charge in [-0.2, -0.15) is 0 Å². The number of anilines is 1. The van der Waals surface area contributed by atoms with Gasteiger partial charge in [-0.05, 0) is 36.4 Å². The van der Waals surface area contributed by atoms with Crippen molar-refractivity contribution >= 4 is 27.3 Å². The molecule has 0 atom stereocenters. The maximum absolute atomic E-state index is 13.4. The highest BCUT2D eigenvalue weighted by atomic mass is 35.5. The van der Waals surface area contributed by atoms with E-state index in [-0.39, 0.29) is 10.7 Å². The van der Waals surface area contributed by atoms with Gasteiger partial charge in [-0.25, -0.2) is 21.6 Å². The van der Waals surface area contributed by atoms with E-state index in [1.807, 2.05) is 4.72 Å². The molecule has 0 aliphatic carbocycles. The van der Waals surface area contributed by atoms with Crippen molar-refractivity contribution in [3.63, 3.8) is 0 Å². The molecule has 2 rings (SSSR count). The summed E-state index contributed by atoms with van der Waals surface area (Å²) in [5, 5.41) is 0.120. The summed E-state index contributed by atoms with van der Waals surface area (Å²) in [4.78, 5) is -0.532. The number of hydrogen-bond donors (Lipinski definition) is 1. The smallest absolute Gasteiger partial charge is 0.262 e. The predicted molar refractivity (Wildman–Crippen MR) is 68.6 cm³/mol. The van der Waals surface area contributed by atoms with Crippen molar-refractivity contribution in [2.75, 3.05) is 4.72 Å². The molecule has 1 N–H and O–H groups in total. The lowest BCUT2D eigenvalue weighted by Gasteiger charge is -2.09. The standard InChI is InChI=1S/C12H7ClF3NO2S/c13-7-1-3-10(15)12(5-7)17-20(18,19)8-2-4-9(14)11(16)6-8/h1-6,17H. The van der Waals surface area contributed by atoms with Gasteiger partial charge < -0.3 is 0 Å². The molecule has 106 valence electrons. The van der Waals surface area contributed by atoms with E-state index in [0.29, 0.717) is 12.1 Å². The van der Waals surface area contributed by atoms with Crippen molar-refractivity contribution in [1.82, 2.24) is 0 Å². The van der Waals surface area contributed by atoms with E-state index in [0.717, 1.165) is 18.2 Å². The van der Waals surface area contributed by atoms with Crippen LogP contribution >= 0.6 is 11.6 Å². The molecule has 0 heterocycles. The first-order valence-corrected chi connectivity index (χ1v) is 7.08. The molecule has 2 aromatic rings. The maximum atomic E-state index is 13.4. The summed E-state index contributed by atoms with van der Waals surface area (Å²) in [6.07, 6.45) is 0. The van der Waals surface area contributed by atoms with Crippen molar-refractivity contribution in [3.8, 4) is 0 Å². The van der Waals surface area contributed by atoms with Crippen LogP contribution in [0.1, 0.15) is 0 Å². The number of halogens is 4. The van der Waals surface area contributed by atoms with Gasteiger partial charge in [0.25, 0.3) is 10.0 Å². The van der Waals surface area contributed by atoms with E-state index in [9.17, 15) is 21.6 Å². The van der Waals surface area contributed by atoms with Crippen LogP contribution in [0.15, 0.2) is 41.3 Å². The summed E-state index contributed by atoms with van der Waals surface area (Å²) < 4.78 is 65.0. The van der Waals surface area contributed by atoms with Crippen LogP contribution in [-0.2, 0) is 10.0 Å². The molecule has 20 heavy (non-hydrogen) atoms. The highest BCUT2D eigenvalue weighted by Crippen LogP contribution is 2.23. The Morgan fingerprint density at radius 3 is 2.20 bits per heavy atom. The molecule has 0 saturated carbocycles. The van der Waals surface area contributed by atoms with Gasteiger partial charge in [-0.1, -0.05) is 11.6 Å². The van der Waals surface area contributed by atoms with Crippen LogP contribution < -0.4 is 4.72 Å². The Labute approximate surface area is 118 Å². The zero-order valence-electron chi connectivity index (χ0n) is 9.70. The van der Waals surface area contributed by atoms with Crippen LogP contribution in [0.4, 0.5) is 18.9 Å². The van der Waals surface area contributed by atoms with Crippen molar-refractivity contribution in [1.29, 1.82) is 0 Å². The third kappa shape index (κ3) is 3.05. The average Bonchev–Trinajstić information content (AvgIpc) is 2.36. The van der Waals surface area contributed by atoms with Crippen molar-refractivity contribution in [2.24, 2.45) is 0 Å². The third-order valence-electron chi connectivity index (χ3n) is 2.37. The Balaban J connectivity index is 2.40. The van der Waals surface area contributed by atoms with Crippen LogP contribution in [0.5, 0.6) is 0 Å². The molecular formula is C12H7ClF3NO2S. The molecule has 0 bridgehead atoms. The third-order valence-corrected chi connectivity index (χ3v) is 3.97. The lowest BCUT2D eigenvalue weighted by atomic mass is 10.3. The van der Waals surface area contributed by atoms with Crippen LogP contribution in [0, 0.1) is 17.5 Å². The van der Waals surface area contributed by atoms with Gasteiger partial charge in [0.05, 0.1) is 10.6 Å². The molecule has 0 saturated heterocycles. The molecule has 0 amide bonds. The first-order valence-electron chi connectivity index (χ1n) is 5.22. The van der Waals surface area contributed by atoms with Gasteiger partial charge in [0.2, 0.25) is 0 Å². The number of benzene rings is 2. The van der Waals surface area contributed by atoms with E-state index in [4.69, 9.17) is 11.6 Å². The number of nitrogens with one attached hydrogen (secondary N) is 1. The SMILES string of the molecule is O=S(=O)(Nc1cc(Cl)ccc1F)c1ccc(F)c(F)c1. The fourth-order valence-corrected chi connectivity index (χ4v) is 2.67. The molecule has 3 nitrogen and oxygen atoms in total. The maximum Gasteiger partial charge on any atom is 0.262 e. The van der Waals surface area contributed by atoms with Crippen LogP contribution in [0.2, 0.25) is 5.02 Å². The Bertz CT molecular complexity index is 765. The second kappa shape index (κ2) is 5.34. The Morgan fingerprint density at radius 2 is 1.55 bits per heavy atom. The van der Waals surface area contributed by atoms with Crippen LogP contribution in [-0.4, -0.2) is 8.42 Å². The molecule has 8 heteroatoms. The topological polar surface area (TPSA) is 46.2 Å². The van der Waals surface area contributed by atoms with E-state index in [1.165, 1.54) is 6.07 Å². The minimum Gasteiger partial charge on any atom is -0.277 e. The monoisotopic (exact) mass is 321 g/mol. The zero-order valence-corrected chi connectivity index (χ0v) is 11.3. The van der Waals surface area contributed by atoms with Gasteiger partial charge in [0.15, 0.2) is 11.6 Å². The van der Waals surface area contributed by atoms with Crippen molar-refractivity contribution in [2.45, 2.75) is 4.90 Å². The lowest BCUT2D eigenvalue weighted by molar-refractivity contribution is 0.504. The minimum absolute atomic E-state index is 0.120. The fraction of sp³-hybridized carbons (Fsp3) is 0. The summed E-state index contributed by atoms with van der Waals surface area (Å²) in [6, 6.07) is 5.31. The van der Waals surface area contributed by atoms with E-state index in [2.05, 4.69) is 0 Å². The van der Waals surface area contributed by atoms with Gasteiger partial charge in [-0.15, -0.1) is 0 Å². The predicted octanol–water partition coefficient (Wildman–Crippen LogP) is 3.56. The summed E-state index contributed by atoms with van der Waals surface area (Å²) in [6.45, 7) is 0. The minimum atomic E-state index is -4.25. The van der Waals surface area contributed by atoms with E-state index in [1.54, 1.807) is 0 Å². The second-order valence-corrected chi connectivity index (χ2v) is 5.92. The molecule has 0 aromatic heterocycles. The molecule has 0 aliphatic heterocycles. The number of rotatable bonds is 3. The lowest BCUT2D eigenvalue weighted by Crippen LogP contribution is -2.14. The molecule has 0 spiro atoms. The quantitative estimate of drug-likeness (QED) is 0.939. The first-order chi connectivity index (χ1) is 9.29. The molecule has 0 unspecified atom stereocenters. The van der Waals surface area contributed by atoms with Crippen LogP contribution in [0.3, 0.4) is 0 Å². The average molecular weight is 322 g/mol. The van der Waals surface area contributed by atoms with E-state index < -0.39 is 32.4 Å². The Kier molecular flexibility index (Phi) is 3.92. The Morgan fingerprint density at radius 1 is 0.900 bits per heavy atom. The normalized spacial score (nSPS) is 11.4. The summed E-state index contributed by atoms with van der Waals surface area (Å²) >= 11 is 5.63. The summed E-state index contributed by atoms with van der Waals surface area (Å²) in [5.41, 5.74) is -0.387. The fourth-order valence-electron chi connectivity index (χ4n) is 1.42.